The van der Waals surface area contributed by atoms with Gasteiger partial charge in [-0.05, 0) is 32.7 Å². The zero-order valence-corrected chi connectivity index (χ0v) is 16.0. The molecule has 0 radical (unpaired) electrons. The highest BCUT2D eigenvalue weighted by Crippen LogP contribution is 2.26. The van der Waals surface area contributed by atoms with Gasteiger partial charge in [-0.3, -0.25) is 14.6 Å². The number of amides is 1. The van der Waals surface area contributed by atoms with E-state index in [9.17, 15) is 14.0 Å². The molecule has 0 aliphatic carbocycles. The molecule has 1 aliphatic heterocycles. The van der Waals surface area contributed by atoms with E-state index in [0.29, 0.717) is 28.8 Å². The molecule has 1 rings (SSSR count). The minimum atomic E-state index is -0.651. The Kier molecular flexibility index (Phi) is 8.44. The van der Waals surface area contributed by atoms with Gasteiger partial charge < -0.3 is 21.1 Å². The van der Waals surface area contributed by atoms with Crippen molar-refractivity contribution in [3.63, 3.8) is 0 Å². The highest BCUT2D eigenvalue weighted by molar-refractivity contribution is 6.11. The van der Waals surface area contributed by atoms with Crippen LogP contribution in [0.3, 0.4) is 0 Å². The third-order valence-corrected chi connectivity index (χ3v) is 4.21. The maximum atomic E-state index is 12.8. The number of hydrogen-bond donors (Lipinski definition) is 2. The van der Waals surface area contributed by atoms with Crippen molar-refractivity contribution in [3.05, 3.63) is 46.7 Å². The summed E-state index contributed by atoms with van der Waals surface area (Å²) >= 11 is 0. The first-order valence-electron chi connectivity index (χ1n) is 8.60. The van der Waals surface area contributed by atoms with Crippen molar-refractivity contribution < 1.29 is 18.7 Å². The Labute approximate surface area is 158 Å². The van der Waals surface area contributed by atoms with Gasteiger partial charge in [0.2, 0.25) is 0 Å². The Bertz CT molecular complexity index is 722. The van der Waals surface area contributed by atoms with E-state index in [4.69, 9.17) is 16.2 Å². The minimum absolute atomic E-state index is 0.0659. The van der Waals surface area contributed by atoms with Crippen molar-refractivity contribution in [1.82, 2.24) is 4.90 Å². The van der Waals surface area contributed by atoms with Crippen LogP contribution in [0, 0.1) is 0 Å². The van der Waals surface area contributed by atoms with Crippen molar-refractivity contribution in [1.29, 1.82) is 0 Å². The monoisotopic (exact) mass is 378 g/mol. The quantitative estimate of drug-likeness (QED) is 0.342. The SMILES string of the molecule is C=N/C=C\C1=C(C(=O)CC)CN(C(C)/C(N)=C/C(C)=C(\N)OCCF)C1=O. The van der Waals surface area contributed by atoms with Crippen LogP contribution in [0.4, 0.5) is 4.39 Å². The Morgan fingerprint density at radius 1 is 1.48 bits per heavy atom. The van der Waals surface area contributed by atoms with E-state index in [1.54, 1.807) is 26.8 Å². The van der Waals surface area contributed by atoms with E-state index in [0.717, 1.165) is 0 Å². The van der Waals surface area contributed by atoms with Crippen LogP contribution >= 0.6 is 0 Å². The van der Waals surface area contributed by atoms with Gasteiger partial charge >= 0.3 is 0 Å². The van der Waals surface area contributed by atoms with Crippen molar-refractivity contribution >= 4 is 18.4 Å². The maximum absolute atomic E-state index is 12.8. The van der Waals surface area contributed by atoms with E-state index in [2.05, 4.69) is 11.7 Å². The molecule has 27 heavy (non-hydrogen) atoms. The second-order valence-corrected chi connectivity index (χ2v) is 6.01. The molecule has 4 N–H and O–H groups in total. The first kappa shape index (κ1) is 22.1. The molecule has 1 atom stereocenters. The lowest BCUT2D eigenvalue weighted by Crippen LogP contribution is -2.39. The summed E-state index contributed by atoms with van der Waals surface area (Å²) in [7, 11) is 0. The number of rotatable bonds is 10. The normalized spacial score (nSPS) is 17.4. The first-order valence-corrected chi connectivity index (χ1v) is 8.60. The van der Waals surface area contributed by atoms with Gasteiger partial charge in [0.15, 0.2) is 11.7 Å². The molecule has 0 aromatic rings. The van der Waals surface area contributed by atoms with Gasteiger partial charge in [0.1, 0.15) is 13.3 Å². The van der Waals surface area contributed by atoms with Gasteiger partial charge in [-0.25, -0.2) is 4.39 Å². The molecule has 8 heteroatoms. The number of alkyl halides is 1. The Morgan fingerprint density at radius 3 is 2.70 bits per heavy atom. The largest absolute Gasteiger partial charge is 0.476 e. The summed E-state index contributed by atoms with van der Waals surface area (Å²) in [4.78, 5) is 30.1. The van der Waals surface area contributed by atoms with Crippen LogP contribution in [0.15, 0.2) is 51.6 Å². The summed E-state index contributed by atoms with van der Waals surface area (Å²) in [6, 6.07) is -0.483. The molecule has 0 saturated heterocycles. The van der Waals surface area contributed by atoms with Crippen LogP contribution in [-0.2, 0) is 14.3 Å². The van der Waals surface area contributed by atoms with Gasteiger partial charge in [-0.2, -0.15) is 0 Å². The number of hydrogen-bond acceptors (Lipinski definition) is 6. The van der Waals surface area contributed by atoms with Crippen LogP contribution in [0.2, 0.25) is 0 Å². The average molecular weight is 378 g/mol. The van der Waals surface area contributed by atoms with Crippen LogP contribution in [0.1, 0.15) is 27.2 Å². The number of carbonyl (C=O) groups excluding carboxylic acids is 2. The number of nitrogens with two attached hydrogens (primary N) is 2. The molecule has 1 aliphatic rings. The van der Waals surface area contributed by atoms with Gasteiger partial charge in [0, 0.05) is 35.0 Å². The Hall–Kier alpha value is -2.90. The molecule has 0 bridgehead atoms. The molecule has 0 fully saturated rings. The van der Waals surface area contributed by atoms with Crippen LogP contribution in [-0.4, -0.2) is 49.2 Å². The third-order valence-electron chi connectivity index (χ3n) is 4.21. The van der Waals surface area contributed by atoms with Crippen molar-refractivity contribution in [2.24, 2.45) is 16.5 Å². The fraction of sp³-hybridized carbons (Fsp3) is 0.421. The molecule has 0 aromatic carbocycles. The highest BCUT2D eigenvalue weighted by atomic mass is 19.1. The zero-order chi connectivity index (χ0) is 20.6. The molecule has 148 valence electrons. The number of carbonyl (C=O) groups is 2. The predicted molar refractivity (Wildman–Crippen MR) is 103 cm³/mol. The van der Waals surface area contributed by atoms with Gasteiger partial charge in [-0.15, -0.1) is 0 Å². The van der Waals surface area contributed by atoms with Gasteiger partial charge in [-0.1, -0.05) is 6.92 Å². The van der Waals surface area contributed by atoms with Gasteiger partial charge in [0.25, 0.3) is 5.91 Å². The lowest BCUT2D eigenvalue weighted by Gasteiger charge is -2.25. The molecule has 0 spiro atoms. The lowest BCUT2D eigenvalue weighted by atomic mass is 10.1. The van der Waals surface area contributed by atoms with Crippen molar-refractivity contribution in [2.45, 2.75) is 33.2 Å². The van der Waals surface area contributed by atoms with Crippen LogP contribution in [0.5, 0.6) is 0 Å². The summed E-state index contributed by atoms with van der Waals surface area (Å²) < 4.78 is 17.2. The average Bonchev–Trinajstić information content (AvgIpc) is 2.99. The molecule has 1 amide bonds. The fourth-order valence-corrected chi connectivity index (χ4v) is 2.56. The molecular formula is C19H27FN4O3. The minimum Gasteiger partial charge on any atom is -0.476 e. The number of aliphatic imine (C=N–C) groups is 1. The molecule has 0 saturated carbocycles. The summed E-state index contributed by atoms with van der Waals surface area (Å²) in [5.41, 5.74) is 13.5. The molecule has 1 heterocycles. The molecular weight excluding hydrogens is 351 g/mol. The number of nitrogens with zero attached hydrogens (tertiary/aromatic N) is 2. The van der Waals surface area contributed by atoms with Crippen molar-refractivity contribution in [3.8, 4) is 0 Å². The Balaban J connectivity index is 3.08. The molecule has 7 nitrogen and oxygen atoms in total. The number of Topliss-reactive ketones (excluding diaryl/α,β-unsaturated/α-hetero) is 1. The fourth-order valence-electron chi connectivity index (χ4n) is 2.56. The van der Waals surface area contributed by atoms with E-state index in [-0.39, 0.29) is 30.7 Å². The van der Waals surface area contributed by atoms with E-state index >= 15 is 0 Å². The smallest absolute Gasteiger partial charge is 0.255 e. The topological polar surface area (TPSA) is 111 Å². The summed E-state index contributed by atoms with van der Waals surface area (Å²) in [6.07, 6.45) is 4.73. The van der Waals surface area contributed by atoms with Crippen LogP contribution in [0.25, 0.3) is 0 Å². The number of allylic oxidation sites excluding steroid dienone is 2. The number of ether oxygens (including phenoxy) is 1. The van der Waals surface area contributed by atoms with Crippen LogP contribution < -0.4 is 11.5 Å². The predicted octanol–water partition coefficient (Wildman–Crippen LogP) is 1.73. The first-order chi connectivity index (χ1) is 12.8. The highest BCUT2D eigenvalue weighted by Gasteiger charge is 2.35. The second kappa shape index (κ2) is 10.3. The summed E-state index contributed by atoms with van der Waals surface area (Å²) in [6.45, 7) is 7.87. The second-order valence-electron chi connectivity index (χ2n) is 6.01. The molecule has 0 aromatic heterocycles. The lowest BCUT2D eigenvalue weighted by molar-refractivity contribution is -0.126. The van der Waals surface area contributed by atoms with E-state index in [1.807, 2.05) is 0 Å². The number of halogens is 1. The van der Waals surface area contributed by atoms with Crippen molar-refractivity contribution in [2.75, 3.05) is 19.8 Å². The standard InChI is InChI=1S/C19H27FN4O3/c1-5-17(25)15-11-24(19(26)14(15)6-8-23-4)13(3)16(21)10-12(2)18(22)27-9-7-20/h6,8,10,13H,4-5,7,9,11,21-22H2,1-3H3/b8-6-,16-10-,18-12+. The summed E-state index contributed by atoms with van der Waals surface area (Å²) in [5, 5.41) is 0. The maximum Gasteiger partial charge on any atom is 0.255 e. The third kappa shape index (κ3) is 5.54. The zero-order valence-electron chi connectivity index (χ0n) is 16.0. The van der Waals surface area contributed by atoms with Gasteiger partial charge in [0.05, 0.1) is 12.6 Å². The van der Waals surface area contributed by atoms with E-state index < -0.39 is 12.7 Å². The summed E-state index contributed by atoms with van der Waals surface area (Å²) in [5.74, 6) is -0.348. The van der Waals surface area contributed by atoms with E-state index in [1.165, 1.54) is 17.2 Å². The molecule has 1 unspecified atom stereocenters. The number of ketones is 1. The Morgan fingerprint density at radius 2 is 2.15 bits per heavy atom.